The van der Waals surface area contributed by atoms with Crippen LogP contribution in [0.15, 0.2) is 30.3 Å². The van der Waals surface area contributed by atoms with Crippen molar-refractivity contribution in [1.29, 1.82) is 0 Å². The SMILES string of the molecule is COc1cc(OC)c(CN2CCOC(c3ccc(F)cc3F)C2)c(OC)c1. The number of halogens is 2. The van der Waals surface area contributed by atoms with E-state index >= 15 is 0 Å². The maximum Gasteiger partial charge on any atom is 0.131 e. The molecule has 1 saturated heterocycles. The van der Waals surface area contributed by atoms with Crippen LogP contribution in [-0.2, 0) is 11.3 Å². The van der Waals surface area contributed by atoms with Crippen LogP contribution in [0.4, 0.5) is 8.78 Å². The third-order valence-electron chi connectivity index (χ3n) is 4.66. The molecule has 0 spiro atoms. The van der Waals surface area contributed by atoms with Crippen molar-refractivity contribution in [2.24, 2.45) is 0 Å². The van der Waals surface area contributed by atoms with Gasteiger partial charge in [0, 0.05) is 43.4 Å². The number of hydrogen-bond acceptors (Lipinski definition) is 5. The van der Waals surface area contributed by atoms with Crippen LogP contribution >= 0.6 is 0 Å². The molecule has 0 amide bonds. The largest absolute Gasteiger partial charge is 0.496 e. The maximum atomic E-state index is 14.1. The van der Waals surface area contributed by atoms with Gasteiger partial charge in [0.2, 0.25) is 0 Å². The molecule has 1 aliphatic rings. The lowest BCUT2D eigenvalue weighted by atomic mass is 10.1. The molecule has 1 aliphatic heterocycles. The van der Waals surface area contributed by atoms with Crippen LogP contribution in [-0.4, -0.2) is 45.9 Å². The van der Waals surface area contributed by atoms with Crippen molar-refractivity contribution in [2.75, 3.05) is 41.0 Å². The molecule has 1 atom stereocenters. The Balaban J connectivity index is 1.81. The zero-order chi connectivity index (χ0) is 19.4. The Morgan fingerprint density at radius 3 is 2.33 bits per heavy atom. The fraction of sp³-hybridized carbons (Fsp3) is 0.400. The predicted molar refractivity (Wildman–Crippen MR) is 96.4 cm³/mol. The summed E-state index contributed by atoms with van der Waals surface area (Å²) in [5, 5.41) is 0. The topological polar surface area (TPSA) is 40.2 Å². The van der Waals surface area contributed by atoms with Gasteiger partial charge in [0.15, 0.2) is 0 Å². The van der Waals surface area contributed by atoms with Gasteiger partial charge in [0.1, 0.15) is 28.9 Å². The van der Waals surface area contributed by atoms with Gasteiger partial charge in [-0.3, -0.25) is 4.90 Å². The summed E-state index contributed by atoms with van der Waals surface area (Å²) in [5.41, 5.74) is 1.23. The van der Waals surface area contributed by atoms with Gasteiger partial charge in [-0.25, -0.2) is 8.78 Å². The number of ether oxygens (including phenoxy) is 4. The van der Waals surface area contributed by atoms with E-state index in [1.54, 1.807) is 33.5 Å². The standard InChI is InChI=1S/C20H23F2NO4/c1-24-14-9-18(25-2)16(19(10-14)26-3)11-23-6-7-27-20(12-23)15-5-4-13(21)8-17(15)22/h4-5,8-10,20H,6-7,11-12H2,1-3H3. The van der Waals surface area contributed by atoms with E-state index in [1.807, 2.05) is 0 Å². The molecule has 7 heteroatoms. The molecule has 0 saturated carbocycles. The highest BCUT2D eigenvalue weighted by molar-refractivity contribution is 5.50. The number of hydrogen-bond donors (Lipinski definition) is 0. The van der Waals surface area contributed by atoms with Gasteiger partial charge in [-0.1, -0.05) is 6.07 Å². The highest BCUT2D eigenvalue weighted by Crippen LogP contribution is 2.36. The zero-order valence-corrected chi connectivity index (χ0v) is 15.6. The van der Waals surface area contributed by atoms with Crippen LogP contribution in [0.2, 0.25) is 0 Å². The second kappa shape index (κ2) is 8.54. The fourth-order valence-electron chi connectivity index (χ4n) is 3.25. The molecule has 3 rings (SSSR count). The van der Waals surface area contributed by atoms with Gasteiger partial charge in [-0.05, 0) is 6.07 Å². The maximum absolute atomic E-state index is 14.1. The van der Waals surface area contributed by atoms with E-state index in [0.29, 0.717) is 49.1 Å². The Kier molecular flexibility index (Phi) is 6.13. The summed E-state index contributed by atoms with van der Waals surface area (Å²) in [6.45, 7) is 2.14. The molecule has 2 aromatic rings. The summed E-state index contributed by atoms with van der Waals surface area (Å²) in [6, 6.07) is 7.17. The van der Waals surface area contributed by atoms with E-state index < -0.39 is 17.7 Å². The van der Waals surface area contributed by atoms with Gasteiger partial charge in [0.25, 0.3) is 0 Å². The van der Waals surface area contributed by atoms with Crippen LogP contribution in [0.5, 0.6) is 17.2 Å². The summed E-state index contributed by atoms with van der Waals surface area (Å²) in [7, 11) is 4.76. The van der Waals surface area contributed by atoms with E-state index in [1.165, 1.54) is 12.1 Å². The van der Waals surface area contributed by atoms with Crippen molar-refractivity contribution >= 4 is 0 Å². The Bertz CT molecular complexity index is 775. The molecule has 2 aromatic carbocycles. The van der Waals surface area contributed by atoms with Crippen LogP contribution in [0, 0.1) is 11.6 Å². The number of rotatable bonds is 6. The molecule has 0 aromatic heterocycles. The van der Waals surface area contributed by atoms with E-state index in [9.17, 15) is 8.78 Å². The molecular formula is C20H23F2NO4. The molecule has 0 radical (unpaired) electrons. The first-order valence-electron chi connectivity index (χ1n) is 8.63. The van der Waals surface area contributed by atoms with Crippen molar-refractivity contribution in [2.45, 2.75) is 12.6 Å². The van der Waals surface area contributed by atoms with Gasteiger partial charge in [0.05, 0.1) is 39.6 Å². The third-order valence-corrected chi connectivity index (χ3v) is 4.66. The number of nitrogens with zero attached hydrogens (tertiary/aromatic N) is 1. The highest BCUT2D eigenvalue weighted by atomic mass is 19.1. The lowest BCUT2D eigenvalue weighted by Gasteiger charge is -2.33. The summed E-state index contributed by atoms with van der Waals surface area (Å²) < 4.78 is 49.3. The smallest absolute Gasteiger partial charge is 0.131 e. The number of methoxy groups -OCH3 is 3. The Morgan fingerprint density at radius 1 is 1.04 bits per heavy atom. The minimum Gasteiger partial charge on any atom is -0.496 e. The zero-order valence-electron chi connectivity index (χ0n) is 15.6. The lowest BCUT2D eigenvalue weighted by molar-refractivity contribution is -0.0348. The molecule has 1 unspecified atom stereocenters. The molecule has 0 aliphatic carbocycles. The monoisotopic (exact) mass is 379 g/mol. The molecule has 1 fully saturated rings. The van der Waals surface area contributed by atoms with Crippen molar-refractivity contribution in [3.8, 4) is 17.2 Å². The van der Waals surface area contributed by atoms with Crippen LogP contribution in [0.25, 0.3) is 0 Å². The normalized spacial score (nSPS) is 17.6. The van der Waals surface area contributed by atoms with E-state index in [0.717, 1.165) is 11.6 Å². The molecule has 0 N–H and O–H groups in total. The fourth-order valence-corrected chi connectivity index (χ4v) is 3.25. The van der Waals surface area contributed by atoms with Gasteiger partial charge >= 0.3 is 0 Å². The predicted octanol–water partition coefficient (Wildman–Crippen LogP) is 3.56. The molecular weight excluding hydrogens is 356 g/mol. The highest BCUT2D eigenvalue weighted by Gasteiger charge is 2.26. The van der Waals surface area contributed by atoms with Crippen LogP contribution in [0.3, 0.4) is 0 Å². The minimum atomic E-state index is -0.600. The van der Waals surface area contributed by atoms with Crippen LogP contribution < -0.4 is 14.2 Å². The Labute approximate surface area is 157 Å². The Hall–Kier alpha value is -2.38. The van der Waals surface area contributed by atoms with E-state index in [2.05, 4.69) is 4.90 Å². The quantitative estimate of drug-likeness (QED) is 0.768. The number of benzene rings is 2. The summed E-state index contributed by atoms with van der Waals surface area (Å²) >= 11 is 0. The molecule has 1 heterocycles. The molecule has 0 bridgehead atoms. The molecule has 146 valence electrons. The van der Waals surface area contributed by atoms with E-state index in [4.69, 9.17) is 18.9 Å². The third kappa shape index (κ3) is 4.31. The first-order valence-corrected chi connectivity index (χ1v) is 8.63. The first kappa shape index (κ1) is 19.4. The van der Waals surface area contributed by atoms with Crippen molar-refractivity contribution in [1.82, 2.24) is 4.90 Å². The second-order valence-corrected chi connectivity index (χ2v) is 6.27. The minimum absolute atomic E-state index is 0.356. The molecule has 27 heavy (non-hydrogen) atoms. The second-order valence-electron chi connectivity index (χ2n) is 6.27. The van der Waals surface area contributed by atoms with Crippen molar-refractivity contribution < 1.29 is 27.7 Å². The summed E-state index contributed by atoms with van der Waals surface area (Å²) in [6.07, 6.45) is -0.463. The number of morpholine rings is 1. The van der Waals surface area contributed by atoms with Crippen molar-refractivity contribution in [3.05, 3.63) is 53.1 Å². The average Bonchev–Trinajstić information content (AvgIpc) is 2.68. The van der Waals surface area contributed by atoms with Gasteiger partial charge in [-0.15, -0.1) is 0 Å². The summed E-state index contributed by atoms with van der Waals surface area (Å²) in [5.74, 6) is 0.753. The van der Waals surface area contributed by atoms with Gasteiger partial charge in [-0.2, -0.15) is 0 Å². The van der Waals surface area contributed by atoms with Gasteiger partial charge < -0.3 is 18.9 Å². The van der Waals surface area contributed by atoms with E-state index in [-0.39, 0.29) is 0 Å². The van der Waals surface area contributed by atoms with Crippen molar-refractivity contribution in [3.63, 3.8) is 0 Å². The molecule has 5 nitrogen and oxygen atoms in total. The lowest BCUT2D eigenvalue weighted by Crippen LogP contribution is -2.38. The average molecular weight is 379 g/mol. The van der Waals surface area contributed by atoms with Crippen LogP contribution in [0.1, 0.15) is 17.2 Å². The first-order chi connectivity index (χ1) is 13.0. The Morgan fingerprint density at radius 2 is 1.74 bits per heavy atom. The summed E-state index contributed by atoms with van der Waals surface area (Å²) in [4.78, 5) is 2.13.